The molecule has 3 aromatic rings. The van der Waals surface area contributed by atoms with Gasteiger partial charge in [-0.25, -0.2) is 8.42 Å². The van der Waals surface area contributed by atoms with Crippen molar-refractivity contribution >= 4 is 21.6 Å². The molecule has 0 saturated heterocycles. The Morgan fingerprint density at radius 1 is 0.903 bits per heavy atom. The maximum atomic E-state index is 13.3. The van der Waals surface area contributed by atoms with Gasteiger partial charge in [0.2, 0.25) is 5.91 Å². The van der Waals surface area contributed by atoms with Gasteiger partial charge in [-0.2, -0.15) is 0 Å². The molecule has 0 radical (unpaired) electrons. The molecule has 1 amide bonds. The summed E-state index contributed by atoms with van der Waals surface area (Å²) in [5.41, 5.74) is 2.98. The minimum atomic E-state index is -3.96. The maximum Gasteiger partial charge on any atom is 0.264 e. The van der Waals surface area contributed by atoms with Crippen LogP contribution in [0.15, 0.2) is 83.8 Å². The van der Waals surface area contributed by atoms with Gasteiger partial charge in [0, 0.05) is 6.54 Å². The van der Waals surface area contributed by atoms with Crippen LogP contribution in [0.2, 0.25) is 0 Å². The molecule has 7 heteroatoms. The van der Waals surface area contributed by atoms with Crippen LogP contribution in [0.25, 0.3) is 0 Å². The lowest BCUT2D eigenvalue weighted by Crippen LogP contribution is -2.42. The highest BCUT2D eigenvalue weighted by Crippen LogP contribution is 2.24. The first-order valence-corrected chi connectivity index (χ1v) is 11.4. The predicted octanol–water partition coefficient (Wildman–Crippen LogP) is 3.35. The SMILES string of the molecule is Cc1ccc(N(CC(=O)NC[C@H](O)c2ccccc2)S(=O)(=O)c2ccc(C)cc2)cc1. The van der Waals surface area contributed by atoms with Crippen molar-refractivity contribution in [3.05, 3.63) is 95.6 Å². The molecule has 3 rings (SSSR count). The Balaban J connectivity index is 1.80. The molecule has 6 nitrogen and oxygen atoms in total. The Bertz CT molecular complexity index is 1110. The molecule has 0 aliphatic carbocycles. The molecule has 0 fully saturated rings. The van der Waals surface area contributed by atoms with Gasteiger partial charge >= 0.3 is 0 Å². The van der Waals surface area contributed by atoms with Gasteiger partial charge in [0.05, 0.1) is 16.7 Å². The fourth-order valence-electron chi connectivity index (χ4n) is 3.05. The molecule has 0 heterocycles. The molecule has 0 spiro atoms. The van der Waals surface area contributed by atoms with E-state index in [0.29, 0.717) is 11.3 Å². The number of nitrogens with zero attached hydrogens (tertiary/aromatic N) is 1. The van der Waals surface area contributed by atoms with E-state index in [0.717, 1.165) is 15.4 Å². The largest absolute Gasteiger partial charge is 0.387 e. The van der Waals surface area contributed by atoms with Crippen molar-refractivity contribution in [3.8, 4) is 0 Å². The van der Waals surface area contributed by atoms with Crippen LogP contribution < -0.4 is 9.62 Å². The lowest BCUT2D eigenvalue weighted by Gasteiger charge is -2.24. The quantitative estimate of drug-likeness (QED) is 0.565. The third kappa shape index (κ3) is 5.71. The standard InChI is InChI=1S/C24H26N2O4S/c1-18-8-12-21(13-9-18)26(31(29,30)22-14-10-19(2)11-15-22)17-24(28)25-16-23(27)20-6-4-3-5-7-20/h3-15,23,27H,16-17H2,1-2H3,(H,25,28)/t23-/m0/s1. The smallest absolute Gasteiger partial charge is 0.264 e. The molecule has 1 atom stereocenters. The van der Waals surface area contributed by atoms with Crippen LogP contribution in [0.4, 0.5) is 5.69 Å². The number of rotatable bonds is 8. The molecular weight excluding hydrogens is 412 g/mol. The third-order valence-corrected chi connectivity index (χ3v) is 6.68. The molecular formula is C24H26N2O4S. The van der Waals surface area contributed by atoms with E-state index in [1.807, 2.05) is 19.9 Å². The topological polar surface area (TPSA) is 86.7 Å². The van der Waals surface area contributed by atoms with Crippen molar-refractivity contribution in [3.63, 3.8) is 0 Å². The fourth-order valence-corrected chi connectivity index (χ4v) is 4.47. The first-order chi connectivity index (χ1) is 14.8. The van der Waals surface area contributed by atoms with Gasteiger partial charge in [-0.3, -0.25) is 9.10 Å². The minimum Gasteiger partial charge on any atom is -0.387 e. The highest BCUT2D eigenvalue weighted by atomic mass is 32.2. The summed E-state index contributed by atoms with van der Waals surface area (Å²) >= 11 is 0. The number of amides is 1. The second-order valence-corrected chi connectivity index (χ2v) is 9.25. The number of aliphatic hydroxyl groups excluding tert-OH is 1. The molecule has 0 aliphatic heterocycles. The summed E-state index contributed by atoms with van der Waals surface area (Å²) in [7, 11) is -3.96. The van der Waals surface area contributed by atoms with Crippen molar-refractivity contribution in [2.75, 3.05) is 17.4 Å². The number of sulfonamides is 1. The first-order valence-electron chi connectivity index (χ1n) is 9.93. The molecule has 0 saturated carbocycles. The van der Waals surface area contributed by atoms with Gasteiger partial charge in [-0.1, -0.05) is 65.7 Å². The Morgan fingerprint density at radius 2 is 1.45 bits per heavy atom. The van der Waals surface area contributed by atoms with Crippen LogP contribution in [-0.2, 0) is 14.8 Å². The molecule has 0 aliphatic rings. The third-order valence-electron chi connectivity index (χ3n) is 4.90. The van der Waals surface area contributed by atoms with E-state index in [1.165, 1.54) is 12.1 Å². The first kappa shape index (κ1) is 22.5. The predicted molar refractivity (Wildman–Crippen MR) is 121 cm³/mol. The van der Waals surface area contributed by atoms with Crippen LogP contribution >= 0.6 is 0 Å². The van der Waals surface area contributed by atoms with Gasteiger partial charge < -0.3 is 10.4 Å². The molecule has 0 bridgehead atoms. The number of hydrogen-bond donors (Lipinski definition) is 2. The highest BCUT2D eigenvalue weighted by molar-refractivity contribution is 7.92. The Labute approximate surface area is 183 Å². The van der Waals surface area contributed by atoms with Crippen LogP contribution in [-0.4, -0.2) is 32.5 Å². The van der Waals surface area contributed by atoms with Crippen molar-refractivity contribution < 1.29 is 18.3 Å². The van der Waals surface area contributed by atoms with E-state index in [9.17, 15) is 18.3 Å². The summed E-state index contributed by atoms with van der Waals surface area (Å²) in [6.45, 7) is 3.36. The van der Waals surface area contributed by atoms with Gasteiger partial charge in [0.25, 0.3) is 10.0 Å². The fraction of sp³-hybridized carbons (Fsp3) is 0.208. The molecule has 162 valence electrons. The van der Waals surface area contributed by atoms with Crippen molar-refractivity contribution in [2.24, 2.45) is 0 Å². The van der Waals surface area contributed by atoms with Crippen LogP contribution in [0, 0.1) is 13.8 Å². The van der Waals surface area contributed by atoms with Crippen molar-refractivity contribution in [1.29, 1.82) is 0 Å². The number of aryl methyl sites for hydroxylation is 2. The monoisotopic (exact) mass is 438 g/mol. The number of anilines is 1. The summed E-state index contributed by atoms with van der Waals surface area (Å²) in [4.78, 5) is 12.7. The lowest BCUT2D eigenvalue weighted by molar-refractivity contribution is -0.120. The van der Waals surface area contributed by atoms with Crippen molar-refractivity contribution in [1.82, 2.24) is 5.32 Å². The van der Waals surface area contributed by atoms with E-state index in [2.05, 4.69) is 5.32 Å². The molecule has 3 aromatic carbocycles. The molecule has 31 heavy (non-hydrogen) atoms. The zero-order valence-electron chi connectivity index (χ0n) is 17.5. The van der Waals surface area contributed by atoms with Crippen LogP contribution in [0.1, 0.15) is 22.8 Å². The summed E-state index contributed by atoms with van der Waals surface area (Å²) in [5.74, 6) is -0.508. The highest BCUT2D eigenvalue weighted by Gasteiger charge is 2.27. The van der Waals surface area contributed by atoms with E-state index in [-0.39, 0.29) is 11.4 Å². The second kappa shape index (κ2) is 9.76. The number of aliphatic hydroxyl groups is 1. The number of benzene rings is 3. The van der Waals surface area contributed by atoms with Crippen molar-refractivity contribution in [2.45, 2.75) is 24.8 Å². The van der Waals surface area contributed by atoms with Crippen LogP contribution in [0.5, 0.6) is 0 Å². The zero-order chi connectivity index (χ0) is 22.4. The normalized spacial score (nSPS) is 12.2. The summed E-state index contributed by atoms with van der Waals surface area (Å²) in [6.07, 6.45) is -0.883. The van der Waals surface area contributed by atoms with E-state index in [4.69, 9.17) is 0 Å². The number of carbonyl (C=O) groups is 1. The van der Waals surface area contributed by atoms with Gasteiger partial charge in [-0.05, 0) is 43.7 Å². The Hall–Kier alpha value is -3.16. The maximum absolute atomic E-state index is 13.3. The second-order valence-electron chi connectivity index (χ2n) is 7.39. The van der Waals surface area contributed by atoms with Gasteiger partial charge in [-0.15, -0.1) is 0 Å². The average Bonchev–Trinajstić information content (AvgIpc) is 2.77. The molecule has 0 unspecified atom stereocenters. The zero-order valence-corrected chi connectivity index (χ0v) is 18.3. The Kier molecular flexibility index (Phi) is 7.09. The minimum absolute atomic E-state index is 0.0187. The van der Waals surface area contributed by atoms with E-state index < -0.39 is 28.6 Å². The van der Waals surface area contributed by atoms with E-state index >= 15 is 0 Å². The van der Waals surface area contributed by atoms with Crippen LogP contribution in [0.3, 0.4) is 0 Å². The summed E-state index contributed by atoms with van der Waals surface area (Å²) in [5, 5.41) is 12.9. The molecule has 2 N–H and O–H groups in total. The summed E-state index contributed by atoms with van der Waals surface area (Å²) < 4.78 is 27.7. The molecule has 0 aromatic heterocycles. The lowest BCUT2D eigenvalue weighted by atomic mass is 10.1. The Morgan fingerprint density at radius 3 is 2.03 bits per heavy atom. The number of carbonyl (C=O) groups excluding carboxylic acids is 1. The number of hydrogen-bond acceptors (Lipinski definition) is 4. The number of nitrogens with one attached hydrogen (secondary N) is 1. The average molecular weight is 439 g/mol. The van der Waals surface area contributed by atoms with E-state index in [1.54, 1.807) is 60.7 Å². The van der Waals surface area contributed by atoms with Gasteiger partial charge in [0.1, 0.15) is 6.54 Å². The summed E-state index contributed by atoms with van der Waals surface area (Å²) in [6, 6.07) is 22.4. The van der Waals surface area contributed by atoms with Gasteiger partial charge in [0.15, 0.2) is 0 Å².